The minimum atomic E-state index is -3.75. The summed E-state index contributed by atoms with van der Waals surface area (Å²) in [6.07, 6.45) is 0.524. The Hall–Kier alpha value is -2.09. The molecule has 0 aliphatic carbocycles. The lowest BCUT2D eigenvalue weighted by molar-refractivity contribution is 0.0952. The zero-order chi connectivity index (χ0) is 19.2. The predicted octanol–water partition coefficient (Wildman–Crippen LogP) is 2.62. The molecule has 0 atom stereocenters. The Bertz CT molecular complexity index is 867. The number of ether oxygens (including phenoxy) is 1. The maximum atomic E-state index is 12.5. The highest BCUT2D eigenvalue weighted by molar-refractivity contribution is 7.89. The summed E-state index contributed by atoms with van der Waals surface area (Å²) >= 11 is 5.83. The molecule has 0 heterocycles. The maximum absolute atomic E-state index is 12.5. The highest BCUT2D eigenvalue weighted by atomic mass is 35.5. The zero-order valence-electron chi connectivity index (χ0n) is 14.6. The molecule has 2 aromatic rings. The number of rotatable bonds is 8. The van der Waals surface area contributed by atoms with Crippen LogP contribution in [0, 0.1) is 0 Å². The van der Waals surface area contributed by atoms with Gasteiger partial charge in [0, 0.05) is 18.1 Å². The molecule has 2 N–H and O–H groups in total. The van der Waals surface area contributed by atoms with Crippen molar-refractivity contribution < 1.29 is 17.9 Å². The Balaban J connectivity index is 2.13. The summed E-state index contributed by atoms with van der Waals surface area (Å²) in [5, 5.41) is 3.27. The van der Waals surface area contributed by atoms with Crippen LogP contribution in [0.2, 0.25) is 5.02 Å². The Morgan fingerprint density at radius 1 is 1.15 bits per heavy atom. The molecule has 26 heavy (non-hydrogen) atoms. The summed E-state index contributed by atoms with van der Waals surface area (Å²) in [5.41, 5.74) is 1.14. The van der Waals surface area contributed by atoms with Gasteiger partial charge in [0.15, 0.2) is 0 Å². The number of hydrogen-bond donors (Lipinski definition) is 2. The van der Waals surface area contributed by atoms with Gasteiger partial charge in [-0.1, -0.05) is 23.7 Å². The summed E-state index contributed by atoms with van der Waals surface area (Å²) in [4.78, 5) is 12.1. The van der Waals surface area contributed by atoms with E-state index in [0.717, 1.165) is 5.56 Å². The van der Waals surface area contributed by atoms with Gasteiger partial charge in [-0.2, -0.15) is 0 Å². The molecule has 0 fully saturated rings. The van der Waals surface area contributed by atoms with Gasteiger partial charge in [0.2, 0.25) is 10.0 Å². The zero-order valence-corrected chi connectivity index (χ0v) is 16.2. The van der Waals surface area contributed by atoms with Crippen LogP contribution in [0.5, 0.6) is 5.75 Å². The topological polar surface area (TPSA) is 84.5 Å². The second-order valence-corrected chi connectivity index (χ2v) is 7.70. The van der Waals surface area contributed by atoms with Crippen molar-refractivity contribution in [1.82, 2.24) is 10.0 Å². The van der Waals surface area contributed by atoms with Crippen LogP contribution in [0.25, 0.3) is 0 Å². The van der Waals surface area contributed by atoms with E-state index in [1.807, 2.05) is 12.1 Å². The molecule has 0 saturated carbocycles. The number of carbonyl (C=O) groups is 1. The van der Waals surface area contributed by atoms with Crippen LogP contribution in [0.15, 0.2) is 47.4 Å². The quantitative estimate of drug-likeness (QED) is 0.718. The van der Waals surface area contributed by atoms with Crippen LogP contribution in [0.1, 0.15) is 22.8 Å². The van der Waals surface area contributed by atoms with E-state index in [-0.39, 0.29) is 22.9 Å². The van der Waals surface area contributed by atoms with Gasteiger partial charge in [0.25, 0.3) is 5.91 Å². The Morgan fingerprint density at radius 2 is 1.85 bits per heavy atom. The van der Waals surface area contributed by atoms with Gasteiger partial charge in [0.1, 0.15) is 5.75 Å². The number of benzene rings is 2. The smallest absolute Gasteiger partial charge is 0.255 e. The summed E-state index contributed by atoms with van der Waals surface area (Å²) in [7, 11) is -2.32. The molecule has 0 saturated heterocycles. The van der Waals surface area contributed by atoms with Gasteiger partial charge in [-0.15, -0.1) is 0 Å². The van der Waals surface area contributed by atoms with Crippen molar-refractivity contribution >= 4 is 27.5 Å². The number of sulfonamides is 1. The first kappa shape index (κ1) is 20.2. The third kappa shape index (κ3) is 5.20. The lowest BCUT2D eigenvalue weighted by Crippen LogP contribution is -2.27. The molecule has 6 nitrogen and oxygen atoms in total. The average molecular weight is 397 g/mol. The van der Waals surface area contributed by atoms with E-state index in [1.54, 1.807) is 19.1 Å². The lowest BCUT2D eigenvalue weighted by Gasteiger charge is -2.12. The van der Waals surface area contributed by atoms with Crippen molar-refractivity contribution in [3.63, 3.8) is 0 Å². The summed E-state index contributed by atoms with van der Waals surface area (Å²) in [6, 6.07) is 11.4. The Morgan fingerprint density at radius 3 is 2.46 bits per heavy atom. The van der Waals surface area contributed by atoms with Gasteiger partial charge in [0.05, 0.1) is 17.6 Å². The molecular formula is C18H21ClN2O4S. The monoisotopic (exact) mass is 396 g/mol. The molecule has 0 radical (unpaired) electrons. The predicted molar refractivity (Wildman–Crippen MR) is 101 cm³/mol. The molecule has 1 amide bonds. The van der Waals surface area contributed by atoms with Gasteiger partial charge >= 0.3 is 0 Å². The summed E-state index contributed by atoms with van der Waals surface area (Å²) < 4.78 is 32.7. The first-order valence-electron chi connectivity index (χ1n) is 8.07. The summed E-state index contributed by atoms with van der Waals surface area (Å²) in [6.45, 7) is 2.44. The molecule has 0 aliphatic rings. The van der Waals surface area contributed by atoms with E-state index >= 15 is 0 Å². The standard InChI is InChI=1S/C18H21ClN2O4S/c1-3-20-18(22)16-12-15(8-9-17(16)25-2)26(23,24)21-11-10-13-4-6-14(19)7-5-13/h4-9,12,21H,3,10-11H2,1-2H3,(H,20,22). The van der Waals surface area contributed by atoms with Gasteiger partial charge in [-0.3, -0.25) is 4.79 Å². The molecule has 2 aromatic carbocycles. The molecule has 2 rings (SSSR count). The van der Waals surface area contributed by atoms with Crippen molar-refractivity contribution in [1.29, 1.82) is 0 Å². The first-order chi connectivity index (χ1) is 12.4. The van der Waals surface area contributed by atoms with Crippen molar-refractivity contribution in [2.45, 2.75) is 18.2 Å². The Labute approximate surface area is 158 Å². The van der Waals surface area contributed by atoms with Gasteiger partial charge < -0.3 is 10.1 Å². The number of methoxy groups -OCH3 is 1. The van der Waals surface area contributed by atoms with Crippen molar-refractivity contribution in [2.24, 2.45) is 0 Å². The maximum Gasteiger partial charge on any atom is 0.255 e. The normalized spacial score (nSPS) is 11.2. The number of halogens is 1. The number of hydrogen-bond acceptors (Lipinski definition) is 4. The molecule has 0 unspecified atom stereocenters. The molecule has 8 heteroatoms. The highest BCUT2D eigenvalue weighted by Gasteiger charge is 2.19. The van der Waals surface area contributed by atoms with E-state index in [1.165, 1.54) is 25.3 Å². The number of carbonyl (C=O) groups excluding carboxylic acids is 1. The minimum Gasteiger partial charge on any atom is -0.496 e. The third-order valence-electron chi connectivity index (χ3n) is 3.68. The third-order valence-corrected chi connectivity index (χ3v) is 5.39. The fraction of sp³-hybridized carbons (Fsp3) is 0.278. The second-order valence-electron chi connectivity index (χ2n) is 5.50. The van der Waals surface area contributed by atoms with Gasteiger partial charge in [-0.25, -0.2) is 13.1 Å². The van der Waals surface area contributed by atoms with Gasteiger partial charge in [-0.05, 0) is 49.2 Å². The van der Waals surface area contributed by atoms with Crippen LogP contribution in [-0.4, -0.2) is 34.5 Å². The van der Waals surface area contributed by atoms with Crippen LogP contribution < -0.4 is 14.8 Å². The summed E-state index contributed by atoms with van der Waals surface area (Å²) in [5.74, 6) is -0.0707. The highest BCUT2D eigenvalue weighted by Crippen LogP contribution is 2.22. The molecule has 0 bridgehead atoms. The number of amides is 1. The van der Waals surface area contributed by atoms with E-state index in [0.29, 0.717) is 23.7 Å². The SMILES string of the molecule is CCNC(=O)c1cc(S(=O)(=O)NCCc2ccc(Cl)cc2)ccc1OC. The van der Waals surface area contributed by atoms with Crippen molar-refractivity contribution in [2.75, 3.05) is 20.2 Å². The largest absolute Gasteiger partial charge is 0.496 e. The fourth-order valence-corrected chi connectivity index (χ4v) is 3.54. The molecule has 0 aromatic heterocycles. The van der Waals surface area contributed by atoms with E-state index in [4.69, 9.17) is 16.3 Å². The van der Waals surface area contributed by atoms with Crippen LogP contribution in [0.3, 0.4) is 0 Å². The van der Waals surface area contributed by atoms with E-state index in [2.05, 4.69) is 10.0 Å². The lowest BCUT2D eigenvalue weighted by atomic mass is 10.2. The molecule has 0 spiro atoms. The van der Waals surface area contributed by atoms with Crippen molar-refractivity contribution in [3.8, 4) is 5.75 Å². The first-order valence-corrected chi connectivity index (χ1v) is 9.94. The molecular weight excluding hydrogens is 376 g/mol. The minimum absolute atomic E-state index is 0.00987. The van der Waals surface area contributed by atoms with Crippen LogP contribution in [0.4, 0.5) is 0 Å². The fourth-order valence-electron chi connectivity index (χ4n) is 2.35. The average Bonchev–Trinajstić information content (AvgIpc) is 2.63. The second kappa shape index (κ2) is 9.02. The molecule has 0 aliphatic heterocycles. The van der Waals surface area contributed by atoms with Crippen molar-refractivity contribution in [3.05, 3.63) is 58.6 Å². The van der Waals surface area contributed by atoms with E-state index in [9.17, 15) is 13.2 Å². The van der Waals surface area contributed by atoms with Crippen LogP contribution in [-0.2, 0) is 16.4 Å². The molecule has 140 valence electrons. The van der Waals surface area contributed by atoms with Crippen LogP contribution >= 0.6 is 11.6 Å². The van der Waals surface area contributed by atoms with E-state index < -0.39 is 10.0 Å². The number of nitrogens with one attached hydrogen (secondary N) is 2. The Kier molecular flexibility index (Phi) is 7.02.